The van der Waals surface area contributed by atoms with E-state index in [0.29, 0.717) is 0 Å². The predicted octanol–water partition coefficient (Wildman–Crippen LogP) is 10.3. The Hall–Kier alpha value is -3.01. The Balaban J connectivity index is 1.55. The first kappa shape index (κ1) is 41.7. The number of alkyl halides is 3. The minimum absolute atomic E-state index is 0.0353. The van der Waals surface area contributed by atoms with Gasteiger partial charge in [-0.05, 0) is 59.1 Å². The predicted molar refractivity (Wildman–Crippen MR) is 192 cm³/mol. The Labute approximate surface area is 312 Å². The van der Waals surface area contributed by atoms with Crippen LogP contribution in [0.25, 0.3) is 26.9 Å². The van der Waals surface area contributed by atoms with Gasteiger partial charge in [0.05, 0.1) is 40.0 Å². The van der Waals surface area contributed by atoms with E-state index in [4.69, 9.17) is 41.7 Å². The number of hydrogen-bond donors (Lipinski definition) is 1. The van der Waals surface area contributed by atoms with Crippen LogP contribution < -0.4 is 10.1 Å². The number of ether oxygens (including phenoxy) is 2. The van der Waals surface area contributed by atoms with Gasteiger partial charge in [-0.3, -0.25) is 4.57 Å². The van der Waals surface area contributed by atoms with Crippen LogP contribution in [0.2, 0.25) is 10.0 Å². The molecule has 1 amide bonds. The maximum Gasteiger partial charge on any atom is 0.417 e. The van der Waals surface area contributed by atoms with Crippen LogP contribution in [0.15, 0.2) is 30.6 Å². The first-order chi connectivity index (χ1) is 23.7. The van der Waals surface area contributed by atoms with Crippen molar-refractivity contribution in [3.8, 4) is 27.0 Å². The Morgan fingerprint density at radius 3 is 2.19 bits per heavy atom. The van der Waals surface area contributed by atoms with Crippen molar-refractivity contribution in [2.45, 2.75) is 85.7 Å². The topological polar surface area (TPSA) is 126 Å². The molecule has 0 aliphatic rings. The fourth-order valence-corrected chi connectivity index (χ4v) is 8.65. The summed E-state index contributed by atoms with van der Waals surface area (Å²) in [7, 11) is -3.71. The summed E-state index contributed by atoms with van der Waals surface area (Å²) in [5.74, 6) is -1.10. The number of nitrogens with one attached hydrogen (secondary N) is 1. The molecule has 0 aliphatic heterocycles. The van der Waals surface area contributed by atoms with E-state index in [-0.39, 0.29) is 62.1 Å². The molecule has 1 N–H and O–H groups in total. The van der Waals surface area contributed by atoms with Gasteiger partial charge in [0.2, 0.25) is 0 Å². The Kier molecular flexibility index (Phi) is 12.4. The van der Waals surface area contributed by atoms with Gasteiger partial charge in [-0.25, -0.2) is 14.2 Å². The second kappa shape index (κ2) is 15.4. The normalized spacial score (nSPS) is 14.7. The maximum atomic E-state index is 15.5. The summed E-state index contributed by atoms with van der Waals surface area (Å²) in [4.78, 5) is 17.0. The number of carbonyl (C=O) groups is 1. The smallest absolute Gasteiger partial charge is 0.417 e. The van der Waals surface area contributed by atoms with Gasteiger partial charge in [-0.2, -0.15) is 13.2 Å². The quantitative estimate of drug-likeness (QED) is 0.116. The van der Waals surface area contributed by atoms with Crippen molar-refractivity contribution in [2.24, 2.45) is 5.41 Å². The van der Waals surface area contributed by atoms with Crippen molar-refractivity contribution >= 4 is 53.9 Å². The van der Waals surface area contributed by atoms with E-state index in [2.05, 4.69) is 20.5 Å². The average Bonchev–Trinajstić information content (AvgIpc) is 3.60. The van der Waals surface area contributed by atoms with Gasteiger partial charge in [-0.15, -0.1) is 10.2 Å². The number of carbonyl (C=O) groups excluding carboxylic acids is 1. The van der Waals surface area contributed by atoms with Gasteiger partial charge in [-0.1, -0.05) is 55.3 Å². The zero-order valence-corrected chi connectivity index (χ0v) is 33.2. The van der Waals surface area contributed by atoms with Crippen LogP contribution in [0, 0.1) is 11.2 Å². The molecule has 1 aromatic carbocycles. The molecular weight excluding hydrogens is 772 g/mol. The van der Waals surface area contributed by atoms with Crippen molar-refractivity contribution < 1.29 is 45.4 Å². The number of rotatable bonds is 11. The molecule has 286 valence electrons. The number of fused-ring (bicyclic) bond motifs is 1. The molecular formula is C33H40Cl2F4N5O6PS. The van der Waals surface area contributed by atoms with Crippen LogP contribution in [-0.4, -0.2) is 62.3 Å². The van der Waals surface area contributed by atoms with Gasteiger partial charge in [0.15, 0.2) is 22.2 Å². The zero-order valence-electron chi connectivity index (χ0n) is 29.9. The van der Waals surface area contributed by atoms with E-state index in [1.165, 1.54) is 12.3 Å². The summed E-state index contributed by atoms with van der Waals surface area (Å²) in [6.07, 6.45) is -3.16. The van der Waals surface area contributed by atoms with Crippen LogP contribution in [-0.2, 0) is 24.5 Å². The van der Waals surface area contributed by atoms with Gasteiger partial charge >= 0.3 is 19.9 Å². The van der Waals surface area contributed by atoms with Crippen molar-refractivity contribution in [1.82, 2.24) is 24.9 Å². The van der Waals surface area contributed by atoms with Gasteiger partial charge in [0.25, 0.3) is 0 Å². The van der Waals surface area contributed by atoms with Gasteiger partial charge < -0.3 is 28.2 Å². The van der Waals surface area contributed by atoms with Crippen LogP contribution in [0.1, 0.15) is 67.9 Å². The molecule has 0 radical (unpaired) electrons. The Morgan fingerprint density at radius 1 is 0.942 bits per heavy atom. The fraction of sp³-hybridized carbons (Fsp3) is 0.515. The van der Waals surface area contributed by atoms with Crippen molar-refractivity contribution in [3.63, 3.8) is 0 Å². The third-order valence-electron chi connectivity index (χ3n) is 6.44. The van der Waals surface area contributed by atoms with Crippen LogP contribution in [0.4, 0.5) is 22.4 Å². The molecule has 3 heterocycles. The third-order valence-corrected chi connectivity index (χ3v) is 10.7. The number of benzene rings is 1. The molecule has 4 aromatic rings. The fourth-order valence-electron chi connectivity index (χ4n) is 4.66. The lowest BCUT2D eigenvalue weighted by Crippen LogP contribution is -2.44. The maximum absolute atomic E-state index is 15.5. The number of nitrogens with zero attached hydrogens (tertiary/aromatic N) is 4. The Morgan fingerprint density at radius 2 is 1.60 bits per heavy atom. The second-order valence-electron chi connectivity index (χ2n) is 15.1. The Bertz CT molecular complexity index is 1950. The van der Waals surface area contributed by atoms with Crippen LogP contribution in [0.3, 0.4) is 0 Å². The summed E-state index contributed by atoms with van der Waals surface area (Å²) < 4.78 is 93.1. The van der Waals surface area contributed by atoms with Gasteiger partial charge in [0.1, 0.15) is 22.9 Å². The molecule has 2 unspecified atom stereocenters. The molecule has 11 nitrogen and oxygen atoms in total. The first-order valence-electron chi connectivity index (χ1n) is 15.9. The minimum Gasteiger partial charge on any atom is -0.488 e. The molecule has 52 heavy (non-hydrogen) atoms. The number of hydrogen-bond acceptors (Lipinski definition) is 10. The second-order valence-corrected chi connectivity index (χ2v) is 18.9. The zero-order chi connectivity index (χ0) is 39.0. The summed E-state index contributed by atoms with van der Waals surface area (Å²) >= 11 is 13.6. The molecule has 19 heteroatoms. The molecule has 0 fully saturated rings. The summed E-state index contributed by atoms with van der Waals surface area (Å²) in [5, 5.41) is 11.0. The summed E-state index contributed by atoms with van der Waals surface area (Å²) in [5.41, 5.74) is -2.59. The highest BCUT2D eigenvalue weighted by molar-refractivity contribution is 7.53. The molecule has 0 aliphatic carbocycles. The number of imidazole rings is 1. The minimum atomic E-state index is -4.62. The summed E-state index contributed by atoms with van der Waals surface area (Å²) in [6, 6.07) is 2.11. The highest BCUT2D eigenvalue weighted by Crippen LogP contribution is 2.55. The molecule has 3 aromatic heterocycles. The highest BCUT2D eigenvalue weighted by Gasteiger charge is 2.37. The molecule has 0 bridgehead atoms. The van der Waals surface area contributed by atoms with Crippen molar-refractivity contribution in [3.05, 3.63) is 52.0 Å². The van der Waals surface area contributed by atoms with Crippen LogP contribution >= 0.6 is 42.1 Å². The molecule has 4 rings (SSSR count). The average molecular weight is 813 g/mol. The number of aromatic nitrogens is 4. The molecule has 0 saturated carbocycles. The van der Waals surface area contributed by atoms with Crippen molar-refractivity contribution in [1.29, 1.82) is 0 Å². The van der Waals surface area contributed by atoms with E-state index >= 15 is 4.39 Å². The van der Waals surface area contributed by atoms with E-state index < -0.39 is 53.9 Å². The largest absolute Gasteiger partial charge is 0.488 e. The lowest BCUT2D eigenvalue weighted by molar-refractivity contribution is -0.137. The van der Waals surface area contributed by atoms with Crippen molar-refractivity contribution in [2.75, 3.05) is 19.4 Å². The molecule has 0 saturated heterocycles. The number of alkyl carbamates (subject to hydrolysis) is 1. The monoisotopic (exact) mass is 811 g/mol. The van der Waals surface area contributed by atoms with E-state index in [9.17, 15) is 22.5 Å². The highest BCUT2D eigenvalue weighted by atomic mass is 35.5. The number of pyridine rings is 1. The van der Waals surface area contributed by atoms with E-state index in [0.717, 1.165) is 34.1 Å². The summed E-state index contributed by atoms with van der Waals surface area (Å²) in [6.45, 7) is 15.3. The number of halogens is 6. The molecule has 0 spiro atoms. The third kappa shape index (κ3) is 11.7. The lowest BCUT2D eigenvalue weighted by Gasteiger charge is -2.32. The van der Waals surface area contributed by atoms with Crippen LogP contribution in [0.5, 0.6) is 5.75 Å². The lowest BCUT2D eigenvalue weighted by atomic mass is 10.0. The SMILES string of the molecule is CC(C)(C)CP(=O)(OCC(COc1cc(Cl)c(-c2nnc(-c3cn4cc(C(F)(F)F)cc(Cl)c4n3)s2)cc1F)NC(=O)OC(C)(C)C)OC(C)(C)C. The standard InChI is InChI=1S/C33H40Cl2F4N5O6PS/c1-30(2,3)17-51(46,50-32(7,8)9)48-16-19(40-29(45)49-31(4,5)6)15-47-25-12-21(34)20(11-23(25)36)27-42-43-28(52-27)24-14-44-13-18(33(37,38)39)10-22(35)26(44)41-24/h10-14,19H,15-17H2,1-9H3,(H,40,45). The van der Waals surface area contributed by atoms with E-state index in [1.807, 2.05) is 20.8 Å². The first-order valence-corrected chi connectivity index (χ1v) is 19.2. The van der Waals surface area contributed by atoms with E-state index in [1.54, 1.807) is 41.5 Å². The van der Waals surface area contributed by atoms with Gasteiger partial charge in [0, 0.05) is 24.0 Å². The number of amides is 1. The molecule has 2 atom stereocenters.